The van der Waals surface area contributed by atoms with Gasteiger partial charge in [-0.2, -0.15) is 10.2 Å². The molecule has 0 saturated carbocycles. The molecule has 0 aliphatic heterocycles. The quantitative estimate of drug-likeness (QED) is 0.629. The molecule has 0 radical (unpaired) electrons. The van der Waals surface area contributed by atoms with Crippen molar-refractivity contribution in [2.24, 2.45) is 0 Å². The summed E-state index contributed by atoms with van der Waals surface area (Å²) in [7, 11) is 0. The highest BCUT2D eigenvalue weighted by atomic mass is 15.3. The minimum absolute atomic E-state index is 0.771. The van der Waals surface area contributed by atoms with E-state index < -0.39 is 0 Å². The Hall–Kier alpha value is -3.28. The maximum absolute atomic E-state index is 4.15. The fourth-order valence-corrected chi connectivity index (χ4v) is 2.31. The van der Waals surface area contributed by atoms with Crippen LogP contribution < -0.4 is 0 Å². The van der Waals surface area contributed by atoms with E-state index in [2.05, 4.69) is 49.5 Å². The minimum atomic E-state index is 0.771. The van der Waals surface area contributed by atoms with Crippen molar-refractivity contribution in [2.45, 2.75) is 0 Å². The molecule has 0 unspecified atom stereocenters. The first-order valence-electron chi connectivity index (χ1n) is 6.81. The smallest absolute Gasteiger partial charge is 0.155 e. The number of hydrogen-bond donors (Lipinski definition) is 1. The van der Waals surface area contributed by atoms with Gasteiger partial charge in [-0.15, -0.1) is 0 Å². The van der Waals surface area contributed by atoms with Crippen LogP contribution in [0.2, 0.25) is 0 Å². The zero-order valence-electron chi connectivity index (χ0n) is 11.6. The molecule has 0 atom stereocenters. The first-order chi connectivity index (χ1) is 10.9. The Bertz CT molecular complexity index is 770. The largest absolute Gasteiger partial charge is 0.259 e. The van der Waals surface area contributed by atoms with Crippen molar-refractivity contribution >= 4 is 0 Å². The van der Waals surface area contributed by atoms with Crippen molar-refractivity contribution < 1.29 is 0 Å². The van der Waals surface area contributed by atoms with Crippen molar-refractivity contribution in [3.05, 3.63) is 67.5 Å². The molecule has 106 valence electrons. The van der Waals surface area contributed by atoms with E-state index in [0.717, 1.165) is 28.2 Å². The van der Waals surface area contributed by atoms with Gasteiger partial charge in [0.25, 0.3) is 0 Å². The summed E-state index contributed by atoms with van der Waals surface area (Å²) in [6.45, 7) is 0. The summed E-state index contributed by atoms with van der Waals surface area (Å²) in [4.78, 5) is 8.10. The third-order valence-electron chi connectivity index (χ3n) is 3.46. The van der Waals surface area contributed by atoms with Gasteiger partial charge in [0.1, 0.15) is 19.0 Å². The van der Waals surface area contributed by atoms with E-state index in [1.54, 1.807) is 11.0 Å². The molecule has 0 fully saturated rings. The summed E-state index contributed by atoms with van der Waals surface area (Å²) in [5, 5.41) is 10.8. The third kappa shape index (κ3) is 2.26. The lowest BCUT2D eigenvalue weighted by Crippen LogP contribution is -1.93. The molecule has 0 saturated heterocycles. The second kappa shape index (κ2) is 5.25. The lowest BCUT2D eigenvalue weighted by atomic mass is 10.0. The highest BCUT2D eigenvalue weighted by molar-refractivity contribution is 5.68. The number of rotatable bonds is 3. The van der Waals surface area contributed by atoms with Gasteiger partial charge in [-0.05, 0) is 23.3 Å². The molecule has 2 heterocycles. The van der Waals surface area contributed by atoms with Gasteiger partial charge in [0.15, 0.2) is 5.82 Å². The molecule has 1 N–H and O–H groups in total. The highest BCUT2D eigenvalue weighted by Crippen LogP contribution is 2.23. The van der Waals surface area contributed by atoms with E-state index in [9.17, 15) is 0 Å². The molecule has 0 bridgehead atoms. The summed E-state index contributed by atoms with van der Waals surface area (Å²) in [6.07, 6.45) is 4.71. The summed E-state index contributed by atoms with van der Waals surface area (Å²) in [6, 6.07) is 16.4. The molecular formula is C16H12N6. The molecule has 2 aromatic carbocycles. The van der Waals surface area contributed by atoms with Crippen LogP contribution in [0, 0.1) is 0 Å². The Balaban J connectivity index is 1.62. The van der Waals surface area contributed by atoms with Crippen LogP contribution in [-0.4, -0.2) is 29.9 Å². The van der Waals surface area contributed by atoms with E-state index in [1.165, 1.54) is 12.7 Å². The van der Waals surface area contributed by atoms with Crippen LogP contribution in [0.1, 0.15) is 0 Å². The molecule has 4 aromatic rings. The van der Waals surface area contributed by atoms with Gasteiger partial charge in [-0.25, -0.2) is 14.6 Å². The molecule has 6 heteroatoms. The molecule has 0 aliphatic rings. The van der Waals surface area contributed by atoms with E-state index in [1.807, 2.05) is 24.3 Å². The fraction of sp³-hybridized carbons (Fsp3) is 0. The molecule has 6 nitrogen and oxygen atoms in total. The molecular weight excluding hydrogens is 276 g/mol. The molecule has 22 heavy (non-hydrogen) atoms. The van der Waals surface area contributed by atoms with Gasteiger partial charge in [0.2, 0.25) is 0 Å². The normalized spacial score (nSPS) is 10.7. The topological polar surface area (TPSA) is 72.3 Å². The van der Waals surface area contributed by atoms with Crippen molar-refractivity contribution in [1.82, 2.24) is 29.9 Å². The first kappa shape index (κ1) is 12.5. The lowest BCUT2D eigenvalue weighted by Gasteiger charge is -2.05. The standard InChI is InChI=1S/C16H12N6/c1-3-14(16-18-10-19-21-16)4-2-12(1)13-5-7-15(8-6-13)22-11-17-9-20-22/h1-11H,(H,18,19,21). The Kier molecular flexibility index (Phi) is 2.97. The Morgan fingerprint density at radius 1 is 0.773 bits per heavy atom. The number of H-pyrrole nitrogens is 1. The maximum Gasteiger partial charge on any atom is 0.155 e. The summed E-state index contributed by atoms with van der Waals surface area (Å²) >= 11 is 0. The zero-order chi connectivity index (χ0) is 14.8. The van der Waals surface area contributed by atoms with E-state index in [-0.39, 0.29) is 0 Å². The number of nitrogens with one attached hydrogen (secondary N) is 1. The van der Waals surface area contributed by atoms with Crippen LogP contribution in [0.25, 0.3) is 28.2 Å². The van der Waals surface area contributed by atoms with E-state index >= 15 is 0 Å². The Labute approximate surface area is 126 Å². The maximum atomic E-state index is 4.15. The van der Waals surface area contributed by atoms with Crippen LogP contribution >= 0.6 is 0 Å². The second-order valence-electron chi connectivity index (χ2n) is 4.80. The number of nitrogens with zero attached hydrogens (tertiary/aromatic N) is 5. The molecule has 0 amide bonds. The number of aromatic nitrogens is 6. The Morgan fingerprint density at radius 2 is 1.45 bits per heavy atom. The van der Waals surface area contributed by atoms with Crippen LogP contribution in [-0.2, 0) is 0 Å². The van der Waals surface area contributed by atoms with Crippen LogP contribution in [0.5, 0.6) is 0 Å². The minimum Gasteiger partial charge on any atom is -0.259 e. The van der Waals surface area contributed by atoms with Gasteiger partial charge in [0, 0.05) is 5.56 Å². The average Bonchev–Trinajstić information content (AvgIpc) is 3.29. The summed E-state index contributed by atoms with van der Waals surface area (Å²) in [5.41, 5.74) is 4.29. The summed E-state index contributed by atoms with van der Waals surface area (Å²) < 4.78 is 1.73. The molecule has 2 aromatic heterocycles. The van der Waals surface area contributed by atoms with Gasteiger partial charge in [-0.3, -0.25) is 5.10 Å². The lowest BCUT2D eigenvalue weighted by molar-refractivity contribution is 0.879. The fourth-order valence-electron chi connectivity index (χ4n) is 2.31. The van der Waals surface area contributed by atoms with Gasteiger partial charge in [0.05, 0.1) is 5.69 Å². The number of benzene rings is 2. The van der Waals surface area contributed by atoms with Gasteiger partial charge < -0.3 is 0 Å². The number of hydrogen-bond acceptors (Lipinski definition) is 4. The third-order valence-corrected chi connectivity index (χ3v) is 3.46. The van der Waals surface area contributed by atoms with Crippen molar-refractivity contribution in [2.75, 3.05) is 0 Å². The van der Waals surface area contributed by atoms with Crippen LogP contribution in [0.4, 0.5) is 0 Å². The molecule has 0 spiro atoms. The second-order valence-corrected chi connectivity index (χ2v) is 4.80. The average molecular weight is 288 g/mol. The number of aromatic amines is 1. The summed E-state index contributed by atoms with van der Waals surface area (Å²) in [5.74, 6) is 0.771. The van der Waals surface area contributed by atoms with Crippen molar-refractivity contribution in [3.8, 4) is 28.2 Å². The monoisotopic (exact) mass is 288 g/mol. The SMILES string of the molecule is c1n[nH]c(-c2ccc(-c3ccc(-n4cncn4)cc3)cc2)n1. The van der Waals surface area contributed by atoms with Gasteiger partial charge >= 0.3 is 0 Å². The molecule has 0 aliphatic carbocycles. The Morgan fingerprint density at radius 3 is 2.05 bits per heavy atom. The van der Waals surface area contributed by atoms with Crippen molar-refractivity contribution in [3.63, 3.8) is 0 Å². The van der Waals surface area contributed by atoms with E-state index in [4.69, 9.17) is 0 Å². The molecule has 4 rings (SSSR count). The predicted octanol–water partition coefficient (Wildman–Crippen LogP) is 2.72. The van der Waals surface area contributed by atoms with Gasteiger partial charge in [-0.1, -0.05) is 36.4 Å². The van der Waals surface area contributed by atoms with E-state index in [0.29, 0.717) is 0 Å². The van der Waals surface area contributed by atoms with Crippen LogP contribution in [0.15, 0.2) is 67.5 Å². The zero-order valence-corrected chi connectivity index (χ0v) is 11.6. The highest BCUT2D eigenvalue weighted by Gasteiger charge is 2.03. The van der Waals surface area contributed by atoms with Crippen molar-refractivity contribution in [1.29, 1.82) is 0 Å². The predicted molar refractivity (Wildman–Crippen MR) is 82.2 cm³/mol. The van der Waals surface area contributed by atoms with Crippen LogP contribution in [0.3, 0.4) is 0 Å². The first-order valence-corrected chi connectivity index (χ1v) is 6.81.